The molecule has 1 aromatic rings. The summed E-state index contributed by atoms with van der Waals surface area (Å²) in [6.07, 6.45) is 3.33. The molecule has 120 valence electrons. The third-order valence-corrected chi connectivity index (χ3v) is 3.69. The van der Waals surface area contributed by atoms with Crippen molar-refractivity contribution in [2.24, 2.45) is 0 Å². The van der Waals surface area contributed by atoms with Crippen LogP contribution in [0.3, 0.4) is 0 Å². The number of benzene rings is 1. The largest absolute Gasteiger partial charge is 0.493 e. The lowest BCUT2D eigenvalue weighted by Crippen LogP contribution is -2.48. The van der Waals surface area contributed by atoms with Gasteiger partial charge in [0.15, 0.2) is 11.6 Å². The summed E-state index contributed by atoms with van der Waals surface area (Å²) in [5, 5.41) is 13.0. The molecule has 0 aliphatic rings. The molecule has 5 heteroatoms. The minimum atomic E-state index is -0.907. The summed E-state index contributed by atoms with van der Waals surface area (Å²) in [6.45, 7) is 5.46. The number of hydrogen-bond donors (Lipinski definition) is 2. The number of rotatable bonds is 10. The molecule has 0 saturated heterocycles. The van der Waals surface area contributed by atoms with Crippen molar-refractivity contribution in [1.29, 1.82) is 0 Å². The van der Waals surface area contributed by atoms with Gasteiger partial charge in [-0.25, -0.2) is 8.78 Å². The standard InChI is InChI=1S/C16H25F2NO2/c1-3-9-19-16(4-2,12-20)8-5-10-21-13-6-7-14(17)15(18)11-13/h6-7,11,19-20H,3-5,8-10,12H2,1-2H3. The van der Waals surface area contributed by atoms with Crippen LogP contribution in [0.1, 0.15) is 39.5 Å². The second-order valence-corrected chi connectivity index (χ2v) is 5.25. The highest BCUT2D eigenvalue weighted by Gasteiger charge is 2.25. The van der Waals surface area contributed by atoms with Crippen molar-refractivity contribution in [2.75, 3.05) is 19.8 Å². The molecular weight excluding hydrogens is 276 g/mol. The Bertz CT molecular complexity index is 423. The highest BCUT2D eigenvalue weighted by molar-refractivity contribution is 5.23. The molecule has 0 aromatic heterocycles. The van der Waals surface area contributed by atoms with Gasteiger partial charge < -0.3 is 15.2 Å². The predicted octanol–water partition coefficient (Wildman–Crippen LogP) is 3.26. The first kappa shape index (κ1) is 17.9. The molecule has 0 bridgehead atoms. The Hall–Kier alpha value is -1.20. The van der Waals surface area contributed by atoms with Crippen molar-refractivity contribution in [3.05, 3.63) is 29.8 Å². The van der Waals surface area contributed by atoms with Crippen LogP contribution in [-0.4, -0.2) is 30.4 Å². The van der Waals surface area contributed by atoms with Crippen LogP contribution in [0, 0.1) is 11.6 Å². The smallest absolute Gasteiger partial charge is 0.162 e. The van der Waals surface area contributed by atoms with E-state index in [2.05, 4.69) is 12.2 Å². The molecule has 0 amide bonds. The van der Waals surface area contributed by atoms with Crippen molar-refractivity contribution in [3.63, 3.8) is 0 Å². The molecule has 1 aromatic carbocycles. The van der Waals surface area contributed by atoms with Gasteiger partial charge in [0, 0.05) is 11.6 Å². The van der Waals surface area contributed by atoms with E-state index in [-0.39, 0.29) is 12.1 Å². The molecular formula is C16H25F2NO2. The van der Waals surface area contributed by atoms with Crippen molar-refractivity contribution in [3.8, 4) is 5.75 Å². The monoisotopic (exact) mass is 301 g/mol. The van der Waals surface area contributed by atoms with Gasteiger partial charge in [-0.2, -0.15) is 0 Å². The van der Waals surface area contributed by atoms with E-state index in [9.17, 15) is 13.9 Å². The minimum Gasteiger partial charge on any atom is -0.493 e. The Morgan fingerprint density at radius 3 is 2.57 bits per heavy atom. The molecule has 1 rings (SSSR count). The van der Waals surface area contributed by atoms with E-state index >= 15 is 0 Å². The Balaban J connectivity index is 2.41. The topological polar surface area (TPSA) is 41.5 Å². The van der Waals surface area contributed by atoms with Gasteiger partial charge in [0.2, 0.25) is 0 Å². The molecule has 1 unspecified atom stereocenters. The van der Waals surface area contributed by atoms with Gasteiger partial charge in [0.05, 0.1) is 13.2 Å². The van der Waals surface area contributed by atoms with E-state index in [0.29, 0.717) is 12.4 Å². The van der Waals surface area contributed by atoms with E-state index in [1.54, 1.807) is 0 Å². The third kappa shape index (κ3) is 5.59. The molecule has 1 atom stereocenters. The van der Waals surface area contributed by atoms with E-state index in [4.69, 9.17) is 4.74 Å². The number of aliphatic hydroxyl groups excluding tert-OH is 1. The Kier molecular flexibility index (Phi) is 7.61. The SMILES string of the molecule is CCCNC(CC)(CO)CCCOc1ccc(F)c(F)c1. The lowest BCUT2D eigenvalue weighted by Gasteiger charge is -2.32. The molecule has 0 saturated carbocycles. The number of ether oxygens (including phenoxy) is 1. The normalized spacial score (nSPS) is 14.0. The maximum atomic E-state index is 13.0. The summed E-state index contributed by atoms with van der Waals surface area (Å²) in [4.78, 5) is 0. The highest BCUT2D eigenvalue weighted by atomic mass is 19.2. The first-order valence-corrected chi connectivity index (χ1v) is 7.50. The van der Waals surface area contributed by atoms with E-state index in [1.165, 1.54) is 6.07 Å². The van der Waals surface area contributed by atoms with E-state index in [0.717, 1.165) is 44.4 Å². The molecule has 0 heterocycles. The summed E-state index contributed by atoms with van der Waals surface area (Å²) in [7, 11) is 0. The zero-order valence-electron chi connectivity index (χ0n) is 12.8. The molecule has 0 spiro atoms. The fourth-order valence-electron chi connectivity index (χ4n) is 2.19. The average molecular weight is 301 g/mol. The van der Waals surface area contributed by atoms with E-state index in [1.807, 2.05) is 6.92 Å². The van der Waals surface area contributed by atoms with Crippen molar-refractivity contribution in [2.45, 2.75) is 45.1 Å². The molecule has 0 aliphatic carbocycles. The summed E-state index contributed by atoms with van der Waals surface area (Å²) >= 11 is 0. The van der Waals surface area contributed by atoms with Gasteiger partial charge in [0.1, 0.15) is 5.75 Å². The van der Waals surface area contributed by atoms with Gasteiger partial charge in [-0.15, -0.1) is 0 Å². The molecule has 0 radical (unpaired) electrons. The quantitative estimate of drug-likeness (QED) is 0.652. The molecule has 3 nitrogen and oxygen atoms in total. The number of halogens is 2. The Labute approximate surface area is 125 Å². The van der Waals surface area contributed by atoms with Crippen molar-refractivity contribution >= 4 is 0 Å². The van der Waals surface area contributed by atoms with Crippen LogP contribution in [0.2, 0.25) is 0 Å². The van der Waals surface area contributed by atoms with Gasteiger partial charge in [-0.05, 0) is 44.4 Å². The number of hydrogen-bond acceptors (Lipinski definition) is 3. The molecule has 2 N–H and O–H groups in total. The zero-order valence-corrected chi connectivity index (χ0v) is 12.8. The zero-order chi connectivity index (χ0) is 15.7. The summed E-state index contributed by atoms with van der Waals surface area (Å²) in [5.41, 5.74) is -0.284. The lowest BCUT2D eigenvalue weighted by molar-refractivity contribution is 0.138. The lowest BCUT2D eigenvalue weighted by atomic mass is 9.91. The Morgan fingerprint density at radius 1 is 1.24 bits per heavy atom. The van der Waals surface area contributed by atoms with Crippen LogP contribution in [0.25, 0.3) is 0 Å². The van der Waals surface area contributed by atoms with Crippen LogP contribution < -0.4 is 10.1 Å². The third-order valence-electron chi connectivity index (χ3n) is 3.69. The highest BCUT2D eigenvalue weighted by Crippen LogP contribution is 2.19. The molecule has 0 aliphatic heterocycles. The minimum absolute atomic E-state index is 0.0781. The van der Waals surface area contributed by atoms with Crippen LogP contribution in [0.15, 0.2) is 18.2 Å². The fraction of sp³-hybridized carbons (Fsp3) is 0.625. The number of aliphatic hydroxyl groups is 1. The average Bonchev–Trinajstić information content (AvgIpc) is 2.50. The Morgan fingerprint density at radius 2 is 2.00 bits per heavy atom. The molecule has 21 heavy (non-hydrogen) atoms. The molecule has 0 fully saturated rings. The first-order chi connectivity index (χ1) is 10.1. The summed E-state index contributed by atoms with van der Waals surface area (Å²) in [5.74, 6) is -1.46. The van der Waals surface area contributed by atoms with Gasteiger partial charge >= 0.3 is 0 Å². The van der Waals surface area contributed by atoms with Crippen LogP contribution in [0.5, 0.6) is 5.75 Å². The second kappa shape index (κ2) is 8.95. The summed E-state index contributed by atoms with van der Waals surface area (Å²) < 4.78 is 31.2. The van der Waals surface area contributed by atoms with Crippen molar-refractivity contribution in [1.82, 2.24) is 5.32 Å². The van der Waals surface area contributed by atoms with Crippen LogP contribution >= 0.6 is 0 Å². The van der Waals surface area contributed by atoms with Gasteiger partial charge in [-0.1, -0.05) is 13.8 Å². The number of nitrogens with one attached hydrogen (secondary N) is 1. The first-order valence-electron chi connectivity index (χ1n) is 7.50. The second-order valence-electron chi connectivity index (χ2n) is 5.25. The van der Waals surface area contributed by atoms with Gasteiger partial charge in [-0.3, -0.25) is 0 Å². The maximum absolute atomic E-state index is 13.0. The maximum Gasteiger partial charge on any atom is 0.162 e. The van der Waals surface area contributed by atoms with Gasteiger partial charge in [0.25, 0.3) is 0 Å². The van der Waals surface area contributed by atoms with Crippen LogP contribution in [0.4, 0.5) is 8.78 Å². The predicted molar refractivity (Wildman–Crippen MR) is 79.5 cm³/mol. The van der Waals surface area contributed by atoms with E-state index < -0.39 is 11.6 Å². The van der Waals surface area contributed by atoms with Crippen LogP contribution in [-0.2, 0) is 0 Å². The fourth-order valence-corrected chi connectivity index (χ4v) is 2.19. The summed E-state index contributed by atoms with van der Waals surface area (Å²) in [6, 6.07) is 3.51. The van der Waals surface area contributed by atoms with Crippen molar-refractivity contribution < 1.29 is 18.6 Å².